The molecule has 1 aliphatic heterocycles. The van der Waals surface area contributed by atoms with Crippen LogP contribution < -0.4 is 15.3 Å². The molecule has 0 atom stereocenters. The maximum absolute atomic E-state index is 6.27. The van der Waals surface area contributed by atoms with E-state index >= 15 is 0 Å². The highest BCUT2D eigenvalue weighted by Gasteiger charge is 2.18. The van der Waals surface area contributed by atoms with Crippen LogP contribution in [0, 0.1) is 0 Å². The zero-order valence-electron chi connectivity index (χ0n) is 13.5. The number of hydrogen-bond donors (Lipinski definition) is 1. The predicted octanol–water partition coefficient (Wildman–Crippen LogP) is 4.03. The molecule has 134 valence electrons. The summed E-state index contributed by atoms with van der Waals surface area (Å²) >= 11 is 13.7. The number of rotatable bonds is 4. The molecule has 1 aromatic heterocycles. The van der Waals surface area contributed by atoms with Crippen molar-refractivity contribution in [2.45, 2.75) is 10.9 Å². The van der Waals surface area contributed by atoms with Gasteiger partial charge in [0.2, 0.25) is 5.16 Å². The van der Waals surface area contributed by atoms with E-state index in [1.165, 1.54) is 16.4 Å². The number of nitrogens with zero attached hydrogens (tertiary/aromatic N) is 3. The van der Waals surface area contributed by atoms with Crippen LogP contribution in [0.1, 0.15) is 5.56 Å². The topological polar surface area (TPSA) is 75.2 Å². The molecular formula is C17H14Cl2N4O2S. The van der Waals surface area contributed by atoms with Gasteiger partial charge in [-0.15, -0.1) is 10.2 Å². The smallest absolute Gasteiger partial charge is 0.210 e. The van der Waals surface area contributed by atoms with E-state index in [1.807, 2.05) is 24.3 Å². The van der Waals surface area contributed by atoms with Crippen LogP contribution >= 0.6 is 35.0 Å². The number of hydrogen-bond acceptors (Lipinski definition) is 6. The second kappa shape index (κ2) is 7.26. The lowest BCUT2D eigenvalue weighted by atomic mass is 10.2. The average Bonchev–Trinajstić information content (AvgIpc) is 3.01. The molecule has 6 nitrogen and oxygen atoms in total. The molecule has 0 bridgehead atoms. The minimum absolute atomic E-state index is 0.505. The Bertz CT molecular complexity index is 947. The maximum atomic E-state index is 6.27. The van der Waals surface area contributed by atoms with Gasteiger partial charge in [0.15, 0.2) is 17.3 Å². The van der Waals surface area contributed by atoms with Crippen molar-refractivity contribution in [1.29, 1.82) is 0 Å². The second-order valence-corrected chi connectivity index (χ2v) is 7.36. The quantitative estimate of drug-likeness (QED) is 0.518. The summed E-state index contributed by atoms with van der Waals surface area (Å²) < 4.78 is 12.6. The summed E-state index contributed by atoms with van der Waals surface area (Å²) in [5.74, 6) is 8.59. The lowest BCUT2D eigenvalue weighted by Gasteiger charge is -2.20. The molecule has 0 unspecified atom stereocenters. The van der Waals surface area contributed by atoms with Crippen molar-refractivity contribution in [3.63, 3.8) is 0 Å². The van der Waals surface area contributed by atoms with Crippen LogP contribution in [-0.2, 0) is 5.75 Å². The van der Waals surface area contributed by atoms with E-state index < -0.39 is 0 Å². The fourth-order valence-corrected chi connectivity index (χ4v) is 3.77. The highest BCUT2D eigenvalue weighted by atomic mass is 35.5. The molecule has 0 saturated heterocycles. The first kappa shape index (κ1) is 17.3. The van der Waals surface area contributed by atoms with Gasteiger partial charge in [-0.25, -0.2) is 4.68 Å². The third kappa shape index (κ3) is 3.42. The largest absolute Gasteiger partial charge is 0.486 e. The van der Waals surface area contributed by atoms with Gasteiger partial charge in [-0.3, -0.25) is 0 Å². The Morgan fingerprint density at radius 1 is 1.08 bits per heavy atom. The minimum atomic E-state index is 0.505. The van der Waals surface area contributed by atoms with Gasteiger partial charge in [-0.1, -0.05) is 35.0 Å². The first-order valence-electron chi connectivity index (χ1n) is 7.79. The number of benzene rings is 2. The normalized spacial score (nSPS) is 13.0. The van der Waals surface area contributed by atoms with Crippen LogP contribution in [0.4, 0.5) is 0 Å². The van der Waals surface area contributed by atoms with E-state index in [-0.39, 0.29) is 0 Å². The Labute approximate surface area is 164 Å². The first-order chi connectivity index (χ1) is 12.6. The standard InChI is InChI=1S/C17H14Cl2N4O2S/c18-12-3-1-11(2-4-12)16-21-22-17(23(16)20)26-9-10-7-13(19)15-14(8-10)24-5-6-25-15/h1-4,7-8H,5-6,9,20H2. The molecule has 1 aliphatic rings. The summed E-state index contributed by atoms with van der Waals surface area (Å²) in [6.07, 6.45) is 0. The monoisotopic (exact) mass is 408 g/mol. The highest BCUT2D eigenvalue weighted by molar-refractivity contribution is 7.98. The molecule has 0 aliphatic carbocycles. The number of ether oxygens (including phenoxy) is 2. The lowest BCUT2D eigenvalue weighted by Crippen LogP contribution is -2.15. The van der Waals surface area contributed by atoms with E-state index in [2.05, 4.69) is 10.2 Å². The maximum Gasteiger partial charge on any atom is 0.210 e. The van der Waals surface area contributed by atoms with E-state index in [0.717, 1.165) is 11.1 Å². The third-order valence-electron chi connectivity index (χ3n) is 3.79. The molecule has 26 heavy (non-hydrogen) atoms. The molecule has 0 spiro atoms. The van der Waals surface area contributed by atoms with E-state index in [1.54, 1.807) is 12.1 Å². The van der Waals surface area contributed by atoms with Crippen molar-refractivity contribution in [3.05, 3.63) is 52.0 Å². The molecule has 0 saturated carbocycles. The molecule has 4 rings (SSSR count). The SMILES string of the molecule is Nn1c(SCc2cc(Cl)c3c(c2)OCCO3)nnc1-c1ccc(Cl)cc1. The molecule has 9 heteroatoms. The van der Waals surface area contributed by atoms with Gasteiger partial charge in [0.05, 0.1) is 5.02 Å². The average molecular weight is 409 g/mol. The van der Waals surface area contributed by atoms with Crippen LogP contribution in [-0.4, -0.2) is 28.1 Å². The van der Waals surface area contributed by atoms with Gasteiger partial charge in [0.1, 0.15) is 13.2 Å². The molecule has 2 aromatic carbocycles. The molecule has 2 N–H and O–H groups in total. The summed E-state index contributed by atoms with van der Waals surface area (Å²) in [6.45, 7) is 1.02. The van der Waals surface area contributed by atoms with Crippen molar-refractivity contribution < 1.29 is 9.47 Å². The number of thioether (sulfide) groups is 1. The first-order valence-corrected chi connectivity index (χ1v) is 9.53. The molecule has 2 heterocycles. The summed E-state index contributed by atoms with van der Waals surface area (Å²) in [6, 6.07) is 11.1. The van der Waals surface area contributed by atoms with Gasteiger partial charge >= 0.3 is 0 Å². The summed E-state index contributed by atoms with van der Waals surface area (Å²) in [5.41, 5.74) is 1.83. The zero-order valence-corrected chi connectivity index (χ0v) is 15.8. The van der Waals surface area contributed by atoms with Crippen molar-refractivity contribution in [3.8, 4) is 22.9 Å². The van der Waals surface area contributed by atoms with E-state index in [9.17, 15) is 0 Å². The number of nitrogens with two attached hydrogens (primary N) is 1. The fraction of sp³-hybridized carbons (Fsp3) is 0.176. The van der Waals surface area contributed by atoms with Crippen LogP contribution in [0.2, 0.25) is 10.0 Å². The Morgan fingerprint density at radius 2 is 1.85 bits per heavy atom. The second-order valence-electron chi connectivity index (χ2n) is 5.57. The van der Waals surface area contributed by atoms with Crippen LogP contribution in [0.3, 0.4) is 0 Å². The Balaban J connectivity index is 1.52. The van der Waals surface area contributed by atoms with Crippen molar-refractivity contribution in [2.24, 2.45) is 0 Å². The predicted molar refractivity (Wildman–Crippen MR) is 103 cm³/mol. The molecule has 0 fully saturated rings. The Hall–Kier alpha value is -2.09. The van der Waals surface area contributed by atoms with Crippen molar-refractivity contribution in [1.82, 2.24) is 14.9 Å². The molecular weight excluding hydrogens is 395 g/mol. The summed E-state index contributed by atoms with van der Waals surface area (Å²) in [5, 5.41) is 10.1. The zero-order chi connectivity index (χ0) is 18.1. The van der Waals surface area contributed by atoms with Gasteiger partial charge in [-0.2, -0.15) is 0 Å². The summed E-state index contributed by atoms with van der Waals surface area (Å²) in [7, 11) is 0. The van der Waals surface area contributed by atoms with E-state index in [0.29, 0.717) is 51.5 Å². The lowest BCUT2D eigenvalue weighted by molar-refractivity contribution is 0.171. The minimum Gasteiger partial charge on any atom is -0.486 e. The number of aromatic nitrogens is 3. The molecule has 0 radical (unpaired) electrons. The highest BCUT2D eigenvalue weighted by Crippen LogP contribution is 2.39. The van der Waals surface area contributed by atoms with Gasteiger partial charge in [-0.05, 0) is 42.0 Å². The third-order valence-corrected chi connectivity index (χ3v) is 5.34. The van der Waals surface area contributed by atoms with Crippen LogP contribution in [0.25, 0.3) is 11.4 Å². The number of fused-ring (bicyclic) bond motifs is 1. The van der Waals surface area contributed by atoms with Crippen molar-refractivity contribution in [2.75, 3.05) is 19.1 Å². The van der Waals surface area contributed by atoms with Gasteiger partial charge in [0, 0.05) is 16.3 Å². The van der Waals surface area contributed by atoms with Crippen LogP contribution in [0.5, 0.6) is 11.5 Å². The number of nitrogen functional groups attached to an aromatic ring is 1. The van der Waals surface area contributed by atoms with E-state index in [4.69, 9.17) is 38.5 Å². The molecule has 3 aromatic rings. The number of halogens is 2. The van der Waals surface area contributed by atoms with Crippen LogP contribution in [0.15, 0.2) is 41.6 Å². The fourth-order valence-electron chi connectivity index (χ4n) is 2.57. The van der Waals surface area contributed by atoms with Gasteiger partial charge in [0.25, 0.3) is 0 Å². The summed E-state index contributed by atoms with van der Waals surface area (Å²) in [4.78, 5) is 0. The molecule has 0 amide bonds. The van der Waals surface area contributed by atoms with Gasteiger partial charge < -0.3 is 15.3 Å². The Morgan fingerprint density at radius 3 is 2.65 bits per heavy atom. The Kier molecular flexibility index (Phi) is 4.84. The van der Waals surface area contributed by atoms with Crippen molar-refractivity contribution >= 4 is 35.0 Å².